The standard InChI is InChI=1S/C20H25N3O4S2/c1-3-15-5-4-6-16-17(20-21-18(28-22-20)13-27-29(2,24)25)12-23(19(15)16)11-14-7-9-26-10-8-14/h4-6,12,14H,3,7-11,13H2,1-2H3. The van der Waals surface area contributed by atoms with Gasteiger partial charge in [-0.15, -0.1) is 0 Å². The van der Waals surface area contributed by atoms with E-state index >= 15 is 0 Å². The summed E-state index contributed by atoms with van der Waals surface area (Å²) in [7, 11) is -3.51. The van der Waals surface area contributed by atoms with Gasteiger partial charge in [-0.25, -0.2) is 4.98 Å². The molecule has 7 nitrogen and oxygen atoms in total. The summed E-state index contributed by atoms with van der Waals surface area (Å²) in [5, 5.41) is 1.67. The molecule has 3 aromatic rings. The molecule has 0 saturated carbocycles. The van der Waals surface area contributed by atoms with Gasteiger partial charge in [0.25, 0.3) is 10.1 Å². The Morgan fingerprint density at radius 1 is 1.31 bits per heavy atom. The van der Waals surface area contributed by atoms with Gasteiger partial charge in [-0.1, -0.05) is 25.1 Å². The number of para-hydroxylation sites is 1. The molecule has 3 heterocycles. The van der Waals surface area contributed by atoms with Crippen LogP contribution in [0, 0.1) is 5.92 Å². The van der Waals surface area contributed by atoms with Crippen molar-refractivity contribution in [2.24, 2.45) is 5.92 Å². The molecule has 0 bridgehead atoms. The van der Waals surface area contributed by atoms with Gasteiger partial charge in [0.1, 0.15) is 11.6 Å². The largest absolute Gasteiger partial charge is 0.381 e. The summed E-state index contributed by atoms with van der Waals surface area (Å²) in [5.74, 6) is 1.21. The summed E-state index contributed by atoms with van der Waals surface area (Å²) in [6.07, 6.45) is 6.27. The first-order valence-electron chi connectivity index (χ1n) is 9.80. The van der Waals surface area contributed by atoms with Crippen molar-refractivity contribution in [3.63, 3.8) is 0 Å². The van der Waals surface area contributed by atoms with Crippen molar-refractivity contribution in [2.75, 3.05) is 19.5 Å². The van der Waals surface area contributed by atoms with Gasteiger partial charge in [0.05, 0.1) is 11.8 Å². The van der Waals surface area contributed by atoms with Crippen LogP contribution in [0.3, 0.4) is 0 Å². The average Bonchev–Trinajstić information content (AvgIpc) is 3.31. The molecular formula is C20H25N3O4S2. The predicted octanol–water partition coefficient (Wildman–Crippen LogP) is 3.63. The smallest absolute Gasteiger partial charge is 0.264 e. The van der Waals surface area contributed by atoms with Crippen molar-refractivity contribution in [1.29, 1.82) is 0 Å². The molecule has 2 aromatic heterocycles. The normalized spacial score (nSPS) is 15.9. The van der Waals surface area contributed by atoms with Crippen LogP contribution in [0.15, 0.2) is 24.4 Å². The summed E-state index contributed by atoms with van der Waals surface area (Å²) in [6.45, 7) is 4.69. The van der Waals surface area contributed by atoms with Crippen LogP contribution in [0.25, 0.3) is 22.3 Å². The van der Waals surface area contributed by atoms with Gasteiger partial charge in [-0.3, -0.25) is 4.18 Å². The second-order valence-corrected chi connectivity index (χ2v) is 9.88. The number of hydrogen-bond donors (Lipinski definition) is 0. The highest BCUT2D eigenvalue weighted by molar-refractivity contribution is 7.85. The Bertz CT molecular complexity index is 1100. The van der Waals surface area contributed by atoms with Crippen LogP contribution >= 0.6 is 11.5 Å². The Kier molecular flexibility index (Phi) is 6.00. The number of rotatable bonds is 7. The summed E-state index contributed by atoms with van der Waals surface area (Å²) in [6, 6.07) is 6.36. The molecule has 0 unspecified atom stereocenters. The Labute approximate surface area is 175 Å². The molecule has 0 aliphatic carbocycles. The summed E-state index contributed by atoms with van der Waals surface area (Å²) < 4.78 is 39.7. The molecule has 1 aliphatic rings. The monoisotopic (exact) mass is 435 g/mol. The van der Waals surface area contributed by atoms with Crippen LogP contribution in [-0.4, -0.2) is 41.8 Å². The Morgan fingerprint density at radius 2 is 2.10 bits per heavy atom. The number of fused-ring (bicyclic) bond motifs is 1. The minimum absolute atomic E-state index is 0.0859. The SMILES string of the molecule is CCc1cccc2c(-c3nsc(COS(C)(=O)=O)n3)cn(CC3CCOCC3)c12. The van der Waals surface area contributed by atoms with E-state index in [0.29, 0.717) is 16.7 Å². The third kappa shape index (κ3) is 4.69. The van der Waals surface area contributed by atoms with Crippen molar-refractivity contribution in [2.45, 2.75) is 39.3 Å². The van der Waals surface area contributed by atoms with E-state index in [1.807, 2.05) is 0 Å². The van der Waals surface area contributed by atoms with E-state index in [1.54, 1.807) is 0 Å². The van der Waals surface area contributed by atoms with E-state index in [4.69, 9.17) is 8.92 Å². The van der Waals surface area contributed by atoms with Gasteiger partial charge in [0, 0.05) is 36.9 Å². The van der Waals surface area contributed by atoms with Gasteiger partial charge in [0.15, 0.2) is 5.82 Å². The van der Waals surface area contributed by atoms with E-state index in [9.17, 15) is 8.42 Å². The second kappa shape index (κ2) is 8.51. The van der Waals surface area contributed by atoms with Gasteiger partial charge >= 0.3 is 0 Å². The maximum Gasteiger partial charge on any atom is 0.264 e. The molecule has 0 amide bonds. The molecule has 0 atom stereocenters. The first-order valence-corrected chi connectivity index (χ1v) is 12.4. The highest BCUT2D eigenvalue weighted by atomic mass is 32.2. The Morgan fingerprint density at radius 3 is 2.83 bits per heavy atom. The van der Waals surface area contributed by atoms with Crippen LogP contribution in [0.2, 0.25) is 0 Å². The lowest BCUT2D eigenvalue weighted by molar-refractivity contribution is 0.0616. The number of hydrogen-bond acceptors (Lipinski definition) is 7. The lowest BCUT2D eigenvalue weighted by Gasteiger charge is -2.23. The molecule has 1 saturated heterocycles. The summed E-state index contributed by atoms with van der Waals surface area (Å²) >= 11 is 1.17. The molecule has 29 heavy (non-hydrogen) atoms. The molecule has 1 fully saturated rings. The first kappa shape index (κ1) is 20.5. The third-order valence-corrected chi connectivity index (χ3v) is 6.49. The van der Waals surface area contributed by atoms with Gasteiger partial charge in [-0.05, 0) is 42.3 Å². The molecular weight excluding hydrogens is 410 g/mol. The Balaban J connectivity index is 1.70. The van der Waals surface area contributed by atoms with Crippen molar-refractivity contribution < 1.29 is 17.3 Å². The minimum Gasteiger partial charge on any atom is -0.381 e. The third-order valence-electron chi connectivity index (χ3n) is 5.26. The zero-order valence-corrected chi connectivity index (χ0v) is 18.3. The van der Waals surface area contributed by atoms with Crippen molar-refractivity contribution in [1.82, 2.24) is 13.9 Å². The number of benzene rings is 1. The minimum atomic E-state index is -3.51. The predicted molar refractivity (Wildman–Crippen MR) is 113 cm³/mol. The highest BCUT2D eigenvalue weighted by Gasteiger charge is 2.20. The fourth-order valence-corrected chi connectivity index (χ4v) is 4.80. The molecule has 156 valence electrons. The van der Waals surface area contributed by atoms with E-state index in [-0.39, 0.29) is 6.61 Å². The van der Waals surface area contributed by atoms with Crippen LogP contribution < -0.4 is 0 Å². The zero-order chi connectivity index (χ0) is 20.4. The number of ether oxygens (including phenoxy) is 1. The number of aromatic nitrogens is 3. The molecule has 1 aliphatic heterocycles. The molecule has 1 aromatic carbocycles. The highest BCUT2D eigenvalue weighted by Crippen LogP contribution is 2.33. The number of nitrogens with zero attached hydrogens (tertiary/aromatic N) is 3. The summed E-state index contributed by atoms with van der Waals surface area (Å²) in [5.41, 5.74) is 3.51. The maximum atomic E-state index is 11.2. The molecule has 4 rings (SSSR count). The average molecular weight is 436 g/mol. The van der Waals surface area contributed by atoms with Gasteiger partial charge in [-0.2, -0.15) is 12.8 Å². The maximum absolute atomic E-state index is 11.2. The van der Waals surface area contributed by atoms with E-state index in [1.165, 1.54) is 22.6 Å². The quantitative estimate of drug-likeness (QED) is 0.527. The van der Waals surface area contributed by atoms with E-state index < -0.39 is 10.1 Å². The molecule has 0 spiro atoms. The van der Waals surface area contributed by atoms with E-state index in [0.717, 1.165) is 56.2 Å². The zero-order valence-electron chi connectivity index (χ0n) is 16.6. The second-order valence-electron chi connectivity index (χ2n) is 7.40. The van der Waals surface area contributed by atoms with Gasteiger partial charge < -0.3 is 9.30 Å². The van der Waals surface area contributed by atoms with Crippen molar-refractivity contribution in [3.8, 4) is 11.4 Å². The fourth-order valence-electron chi connectivity index (χ4n) is 3.83. The molecule has 0 N–H and O–H groups in total. The first-order chi connectivity index (χ1) is 13.9. The Hall–Kier alpha value is -1.81. The lowest BCUT2D eigenvalue weighted by Crippen LogP contribution is -2.20. The summed E-state index contributed by atoms with van der Waals surface area (Å²) in [4.78, 5) is 4.53. The molecule has 0 radical (unpaired) electrons. The lowest BCUT2D eigenvalue weighted by atomic mass is 10.00. The van der Waals surface area contributed by atoms with Crippen molar-refractivity contribution in [3.05, 3.63) is 35.0 Å². The number of aryl methyl sites for hydroxylation is 1. The van der Waals surface area contributed by atoms with Gasteiger partial charge in [0.2, 0.25) is 0 Å². The van der Waals surface area contributed by atoms with Crippen LogP contribution in [0.5, 0.6) is 0 Å². The molecule has 9 heteroatoms. The fraction of sp³-hybridized carbons (Fsp3) is 0.500. The van der Waals surface area contributed by atoms with Crippen molar-refractivity contribution >= 4 is 32.6 Å². The van der Waals surface area contributed by atoms with E-state index in [2.05, 4.69) is 45.2 Å². The topological polar surface area (TPSA) is 83.3 Å². The van der Waals surface area contributed by atoms with Crippen LogP contribution in [-0.2, 0) is 38.6 Å². The van der Waals surface area contributed by atoms with Crippen LogP contribution in [0.1, 0.15) is 30.3 Å². The van der Waals surface area contributed by atoms with Crippen LogP contribution in [0.4, 0.5) is 0 Å².